The smallest absolute Gasteiger partial charge is 0.250 e. The van der Waals surface area contributed by atoms with Gasteiger partial charge in [0.25, 0.3) is 0 Å². The molecule has 2 N–H and O–H groups in total. The number of amides is 1. The van der Waals surface area contributed by atoms with Crippen LogP contribution in [0.1, 0.15) is 31.9 Å². The molecule has 6 heteroatoms. The van der Waals surface area contributed by atoms with Crippen molar-refractivity contribution in [1.29, 1.82) is 0 Å². The molecule has 2 rings (SSSR count). The number of carbonyl (C=O) groups is 1. The molecule has 0 saturated heterocycles. The molecule has 1 amide bonds. The number of ether oxygens (including phenoxy) is 2. The summed E-state index contributed by atoms with van der Waals surface area (Å²) in [5.41, 5.74) is 1.94. The minimum Gasteiger partial charge on any atom is -0.494 e. The first-order valence-corrected chi connectivity index (χ1v) is 9.62. The normalized spacial score (nSPS) is 10.7. The van der Waals surface area contributed by atoms with Crippen LogP contribution in [0.25, 0.3) is 6.08 Å². The summed E-state index contributed by atoms with van der Waals surface area (Å²) >= 11 is 5.17. The van der Waals surface area contributed by atoms with Gasteiger partial charge >= 0.3 is 0 Å². The number of nitrogens with one attached hydrogen (secondary N) is 2. The second-order valence-corrected chi connectivity index (χ2v) is 6.73. The number of rotatable bonds is 8. The topological polar surface area (TPSA) is 59.6 Å². The Morgan fingerprint density at radius 1 is 1.07 bits per heavy atom. The van der Waals surface area contributed by atoms with Crippen LogP contribution in [0.5, 0.6) is 11.5 Å². The highest BCUT2D eigenvalue weighted by atomic mass is 32.1. The average Bonchev–Trinajstić information content (AvgIpc) is 2.67. The first-order chi connectivity index (χ1) is 13.5. The fraction of sp³-hybridized carbons (Fsp3) is 0.273. The fourth-order valence-corrected chi connectivity index (χ4v) is 2.52. The van der Waals surface area contributed by atoms with E-state index in [4.69, 9.17) is 21.7 Å². The van der Waals surface area contributed by atoms with Gasteiger partial charge < -0.3 is 14.8 Å². The fourth-order valence-electron chi connectivity index (χ4n) is 2.35. The molecule has 0 aliphatic heterocycles. The molecule has 28 heavy (non-hydrogen) atoms. The van der Waals surface area contributed by atoms with Crippen molar-refractivity contribution >= 4 is 29.3 Å². The van der Waals surface area contributed by atoms with Gasteiger partial charge in [-0.2, -0.15) is 0 Å². The summed E-state index contributed by atoms with van der Waals surface area (Å²) in [5, 5.41) is 5.93. The summed E-state index contributed by atoms with van der Waals surface area (Å²) in [5.74, 6) is 1.35. The monoisotopic (exact) mass is 398 g/mol. The van der Waals surface area contributed by atoms with Crippen LogP contribution in [0.15, 0.2) is 54.6 Å². The zero-order chi connectivity index (χ0) is 20.4. The maximum atomic E-state index is 12.0. The van der Waals surface area contributed by atoms with Crippen LogP contribution < -0.4 is 20.1 Å². The van der Waals surface area contributed by atoms with Crippen LogP contribution in [0.2, 0.25) is 0 Å². The molecule has 0 heterocycles. The minimum atomic E-state index is -0.285. The lowest BCUT2D eigenvalue weighted by Gasteiger charge is -2.11. The van der Waals surface area contributed by atoms with Crippen molar-refractivity contribution in [2.24, 2.45) is 0 Å². The molecular formula is C22H26N2O3S. The molecule has 0 aliphatic rings. The molecule has 0 aliphatic carbocycles. The Morgan fingerprint density at radius 3 is 2.32 bits per heavy atom. The van der Waals surface area contributed by atoms with Gasteiger partial charge in [0.1, 0.15) is 11.5 Å². The number of benzene rings is 2. The van der Waals surface area contributed by atoms with Crippen molar-refractivity contribution in [2.45, 2.75) is 33.4 Å². The third-order valence-electron chi connectivity index (χ3n) is 3.60. The summed E-state index contributed by atoms with van der Waals surface area (Å²) in [7, 11) is 0. The first kappa shape index (κ1) is 21.4. The number of thiocarbonyl (C=S) groups is 1. The number of hydrogen-bond donors (Lipinski definition) is 2. The van der Waals surface area contributed by atoms with Crippen LogP contribution in [0.4, 0.5) is 0 Å². The van der Waals surface area contributed by atoms with E-state index in [0.717, 1.165) is 22.6 Å². The average molecular weight is 399 g/mol. The third-order valence-corrected chi connectivity index (χ3v) is 3.85. The molecule has 0 saturated carbocycles. The molecule has 0 unspecified atom stereocenters. The summed E-state index contributed by atoms with van der Waals surface area (Å²) in [6.07, 6.45) is 3.31. The van der Waals surface area contributed by atoms with E-state index in [9.17, 15) is 4.79 Å². The van der Waals surface area contributed by atoms with Crippen LogP contribution in [0, 0.1) is 0 Å². The van der Waals surface area contributed by atoms with Crippen LogP contribution >= 0.6 is 12.2 Å². The molecular weight excluding hydrogens is 372 g/mol. The molecule has 2 aromatic carbocycles. The van der Waals surface area contributed by atoms with Crippen molar-refractivity contribution in [3.05, 3.63) is 65.7 Å². The van der Waals surface area contributed by atoms with E-state index in [1.807, 2.05) is 69.3 Å². The van der Waals surface area contributed by atoms with Gasteiger partial charge in [0, 0.05) is 12.6 Å². The van der Waals surface area contributed by atoms with Crippen LogP contribution in [0.3, 0.4) is 0 Å². The number of hydrogen-bond acceptors (Lipinski definition) is 4. The highest BCUT2D eigenvalue weighted by Gasteiger charge is 2.02. The second kappa shape index (κ2) is 11.1. The molecule has 2 aromatic rings. The largest absolute Gasteiger partial charge is 0.494 e. The molecule has 0 spiro atoms. The standard InChI is InChI=1S/C22H26N2O3S/c1-4-26-19-10-5-17(6-11-19)9-14-21(25)24-22(28)23-15-18-7-12-20(13-8-18)27-16(2)3/h5-14,16H,4,15H2,1-3H3,(H2,23,24,25,28)/b14-9+. The van der Waals surface area contributed by atoms with Crippen molar-refractivity contribution in [3.8, 4) is 11.5 Å². The SMILES string of the molecule is CCOc1ccc(/C=C/C(=O)NC(=S)NCc2ccc(OC(C)C)cc2)cc1. The highest BCUT2D eigenvalue weighted by molar-refractivity contribution is 7.80. The molecule has 148 valence electrons. The van der Waals surface area contributed by atoms with Gasteiger partial charge in [0.2, 0.25) is 5.91 Å². The quantitative estimate of drug-likeness (QED) is 0.518. The van der Waals surface area contributed by atoms with E-state index in [0.29, 0.717) is 13.2 Å². The lowest BCUT2D eigenvalue weighted by Crippen LogP contribution is -2.37. The molecule has 0 bridgehead atoms. The zero-order valence-corrected chi connectivity index (χ0v) is 17.2. The van der Waals surface area contributed by atoms with E-state index in [2.05, 4.69) is 10.6 Å². The zero-order valence-electron chi connectivity index (χ0n) is 16.4. The van der Waals surface area contributed by atoms with Crippen molar-refractivity contribution in [1.82, 2.24) is 10.6 Å². The maximum Gasteiger partial charge on any atom is 0.250 e. The predicted molar refractivity (Wildman–Crippen MR) is 116 cm³/mol. The van der Waals surface area contributed by atoms with Crippen molar-refractivity contribution in [2.75, 3.05) is 6.61 Å². The molecule has 0 aromatic heterocycles. The molecule has 0 fully saturated rings. The Morgan fingerprint density at radius 2 is 1.71 bits per heavy atom. The Kier molecular flexibility index (Phi) is 8.49. The van der Waals surface area contributed by atoms with Gasteiger partial charge in [0.15, 0.2) is 5.11 Å². The van der Waals surface area contributed by atoms with Gasteiger partial charge in [0.05, 0.1) is 12.7 Å². The van der Waals surface area contributed by atoms with E-state index < -0.39 is 0 Å². The van der Waals surface area contributed by atoms with Gasteiger partial charge in [-0.05, 0) is 74.5 Å². The Bertz CT molecular complexity index is 800. The minimum absolute atomic E-state index is 0.141. The first-order valence-electron chi connectivity index (χ1n) is 9.21. The maximum absolute atomic E-state index is 12.0. The Labute approximate surface area is 171 Å². The number of carbonyl (C=O) groups excluding carboxylic acids is 1. The Hall–Kier alpha value is -2.86. The Balaban J connectivity index is 1.76. The van der Waals surface area contributed by atoms with Gasteiger partial charge in [-0.15, -0.1) is 0 Å². The van der Waals surface area contributed by atoms with Gasteiger partial charge in [-0.1, -0.05) is 24.3 Å². The summed E-state index contributed by atoms with van der Waals surface area (Å²) in [4.78, 5) is 12.0. The van der Waals surface area contributed by atoms with E-state index in [1.54, 1.807) is 6.08 Å². The van der Waals surface area contributed by atoms with Crippen molar-refractivity contribution < 1.29 is 14.3 Å². The van der Waals surface area contributed by atoms with Crippen LogP contribution in [-0.2, 0) is 11.3 Å². The van der Waals surface area contributed by atoms with E-state index >= 15 is 0 Å². The highest BCUT2D eigenvalue weighted by Crippen LogP contribution is 2.14. The van der Waals surface area contributed by atoms with Gasteiger partial charge in [-0.3, -0.25) is 10.1 Å². The third kappa shape index (κ3) is 7.80. The summed E-state index contributed by atoms with van der Waals surface area (Å²) < 4.78 is 11.0. The van der Waals surface area contributed by atoms with E-state index in [-0.39, 0.29) is 17.1 Å². The van der Waals surface area contributed by atoms with Crippen molar-refractivity contribution in [3.63, 3.8) is 0 Å². The van der Waals surface area contributed by atoms with E-state index in [1.165, 1.54) is 6.08 Å². The molecule has 0 atom stereocenters. The van der Waals surface area contributed by atoms with Crippen LogP contribution in [-0.4, -0.2) is 23.7 Å². The molecule has 5 nitrogen and oxygen atoms in total. The van der Waals surface area contributed by atoms with Gasteiger partial charge in [-0.25, -0.2) is 0 Å². The second-order valence-electron chi connectivity index (χ2n) is 6.32. The lowest BCUT2D eigenvalue weighted by atomic mass is 10.2. The lowest BCUT2D eigenvalue weighted by molar-refractivity contribution is -0.115. The summed E-state index contributed by atoms with van der Waals surface area (Å²) in [6, 6.07) is 15.3. The predicted octanol–water partition coefficient (Wildman–Crippen LogP) is 4.08. The summed E-state index contributed by atoms with van der Waals surface area (Å²) in [6.45, 7) is 7.05. The molecule has 0 radical (unpaired) electrons.